The van der Waals surface area contributed by atoms with Crippen molar-refractivity contribution in [3.05, 3.63) is 213 Å². The Morgan fingerprint density at radius 2 is 0.866 bits per heavy atom. The number of piperidine rings is 2. The fraction of sp³-hybridized carbons (Fsp3) is 0.214. The molecule has 374 valence electrons. The summed E-state index contributed by atoms with van der Waals surface area (Å²) in [4.78, 5) is 1.47. The van der Waals surface area contributed by atoms with Crippen molar-refractivity contribution < 1.29 is 9.47 Å². The van der Waals surface area contributed by atoms with Gasteiger partial charge >= 0.3 is 0 Å². The van der Waals surface area contributed by atoms with Gasteiger partial charge in [0.1, 0.15) is 22.7 Å². The molecule has 2 spiro atoms. The molecule has 12 nitrogen and oxygen atoms in total. The number of rotatable bonds is 9. The molecular weight excluding hydrogens is 996 g/mol. The Kier molecular flexibility index (Phi) is 22.7. The van der Waals surface area contributed by atoms with Crippen molar-refractivity contribution in [2.75, 3.05) is 26.2 Å². The molecule has 0 saturated carbocycles. The molecule has 6 heterocycles. The molecular formula is C56H46B14N10O2. The van der Waals surface area contributed by atoms with Crippen LogP contribution in [0.15, 0.2) is 191 Å². The SMILES string of the molecule is C=C=C=C=C=C=C=C=C=C=C=C=C=C.Cn1nnc(-c2ccc(C3=CC4(CCNCC4)Oc4ccccc43)cc2)n1.Cn1nnnc1-c1ccc(C2=CC3(CCNCC3)Oc3ccccc32)cc1.[B]B([B])B(B([B])[B])B(B([B])[B])B([B])[B]. The maximum Gasteiger partial charge on any atom is 0.204 e. The van der Waals surface area contributed by atoms with Gasteiger partial charge in [-0.05, 0) is 159 Å². The predicted molar refractivity (Wildman–Crippen MR) is 340 cm³/mol. The minimum Gasteiger partial charge on any atom is -0.482 e. The van der Waals surface area contributed by atoms with Crippen molar-refractivity contribution in [1.29, 1.82) is 0 Å². The zero-order chi connectivity index (χ0) is 58.5. The van der Waals surface area contributed by atoms with E-state index in [-0.39, 0.29) is 11.2 Å². The van der Waals surface area contributed by atoms with Crippen LogP contribution in [0.2, 0.25) is 0 Å². The molecule has 2 N–H and O–H groups in total. The Hall–Kier alpha value is -7.97. The zero-order valence-corrected chi connectivity index (χ0v) is 45.9. The van der Waals surface area contributed by atoms with Gasteiger partial charge in [0.05, 0.1) is 7.05 Å². The number of fused-ring (bicyclic) bond motifs is 2. The number of para-hydroxylation sites is 2. The highest BCUT2D eigenvalue weighted by Crippen LogP contribution is 2.44. The first-order valence-electron chi connectivity index (χ1n) is 26.4. The lowest BCUT2D eigenvalue weighted by atomic mass is 8.47. The van der Waals surface area contributed by atoms with Gasteiger partial charge < -0.3 is 20.1 Å². The number of tetrazole rings is 2. The summed E-state index contributed by atoms with van der Waals surface area (Å²) in [5, 5.41) is 30.9. The van der Waals surface area contributed by atoms with Crippen molar-refractivity contribution in [2.45, 2.75) is 36.9 Å². The van der Waals surface area contributed by atoms with Crippen LogP contribution in [0.3, 0.4) is 0 Å². The Balaban J connectivity index is 0.000000166. The van der Waals surface area contributed by atoms with Crippen molar-refractivity contribution in [2.24, 2.45) is 14.1 Å². The molecule has 4 aliphatic rings. The van der Waals surface area contributed by atoms with Crippen molar-refractivity contribution >= 4 is 111 Å². The van der Waals surface area contributed by atoms with E-state index in [1.54, 1.807) is 11.7 Å². The first kappa shape index (κ1) is 61.6. The molecule has 4 aromatic carbocycles. The van der Waals surface area contributed by atoms with Crippen molar-refractivity contribution in [3.63, 3.8) is 0 Å². The fourth-order valence-corrected chi connectivity index (χ4v) is 9.75. The highest BCUT2D eigenvalue weighted by atomic mass is 16.5. The van der Waals surface area contributed by atoms with E-state index < -0.39 is 38.3 Å². The molecule has 0 unspecified atom stereocenters. The molecule has 2 saturated heterocycles. The molecule has 10 rings (SSSR count). The molecule has 0 bridgehead atoms. The van der Waals surface area contributed by atoms with Gasteiger partial charge in [0, 0.05) is 155 Å². The third kappa shape index (κ3) is 16.6. The van der Waals surface area contributed by atoms with Gasteiger partial charge in [0.2, 0.25) is 5.82 Å². The first-order chi connectivity index (χ1) is 39.7. The molecule has 26 heteroatoms. The van der Waals surface area contributed by atoms with E-state index in [0.717, 1.165) is 91.4 Å². The smallest absolute Gasteiger partial charge is 0.204 e. The second-order valence-corrected chi connectivity index (χ2v) is 19.4. The lowest BCUT2D eigenvalue weighted by Crippen LogP contribution is -2.72. The van der Waals surface area contributed by atoms with Crippen LogP contribution < -0.4 is 20.1 Å². The number of hydrogen-bond donors (Lipinski definition) is 2. The van der Waals surface area contributed by atoms with Gasteiger partial charge in [0.15, 0.2) is 5.82 Å². The third-order valence-electron chi connectivity index (χ3n) is 13.7. The largest absolute Gasteiger partial charge is 0.482 e. The second-order valence-electron chi connectivity index (χ2n) is 19.4. The number of nitrogens with zero attached hydrogens (tertiary/aromatic N) is 8. The normalized spacial score (nSPS) is 13.9. The average molecular weight is 1040 g/mol. The summed E-state index contributed by atoms with van der Waals surface area (Å²) in [5.41, 5.74) is 38.1. The molecule has 0 atom stereocenters. The minimum absolute atomic E-state index is 0.221. The molecule has 2 aromatic heterocycles. The Morgan fingerprint density at radius 3 is 1.22 bits per heavy atom. The zero-order valence-electron chi connectivity index (χ0n) is 45.9. The Bertz CT molecular complexity index is 3630. The van der Waals surface area contributed by atoms with Crippen molar-refractivity contribution in [1.82, 2.24) is 51.0 Å². The van der Waals surface area contributed by atoms with Gasteiger partial charge in [0.25, 0.3) is 0 Å². The van der Waals surface area contributed by atoms with Crippen LogP contribution in [0.1, 0.15) is 47.9 Å². The van der Waals surface area contributed by atoms with E-state index in [0.29, 0.717) is 5.82 Å². The summed E-state index contributed by atoms with van der Waals surface area (Å²) >= 11 is 0. The van der Waals surface area contributed by atoms with Crippen LogP contribution in [0.25, 0.3) is 33.9 Å². The predicted octanol–water partition coefficient (Wildman–Crippen LogP) is 2.98. The van der Waals surface area contributed by atoms with Gasteiger partial charge in [-0.3, -0.25) is 0 Å². The summed E-state index contributed by atoms with van der Waals surface area (Å²) in [6.07, 6.45) is 4.49. The summed E-state index contributed by atoms with van der Waals surface area (Å²) in [6, 6.07) is 33.5. The number of hydrogen-bond acceptors (Lipinski definition) is 10. The highest BCUT2D eigenvalue weighted by molar-refractivity contribution is 8.10. The van der Waals surface area contributed by atoms with Crippen molar-refractivity contribution in [3.8, 4) is 34.3 Å². The maximum absolute atomic E-state index is 6.46. The van der Waals surface area contributed by atoms with Crippen LogP contribution in [-0.2, 0) is 14.1 Å². The third-order valence-corrected chi connectivity index (χ3v) is 13.7. The minimum atomic E-state index is -0.760. The lowest BCUT2D eigenvalue weighted by Gasteiger charge is -2.40. The van der Waals surface area contributed by atoms with Crippen LogP contribution >= 0.6 is 0 Å². The van der Waals surface area contributed by atoms with Crippen LogP contribution in [0.5, 0.6) is 11.5 Å². The van der Waals surface area contributed by atoms with E-state index >= 15 is 0 Å². The Labute approximate surface area is 494 Å². The summed E-state index contributed by atoms with van der Waals surface area (Å²) in [6.45, 7) is 10.5. The highest BCUT2D eigenvalue weighted by Gasteiger charge is 2.39. The molecule has 16 radical (unpaired) electrons. The molecule has 0 amide bonds. The maximum atomic E-state index is 6.46. The topological polar surface area (TPSA) is 130 Å². The average Bonchev–Trinajstić information content (AvgIpc) is 3.13. The number of aryl methyl sites for hydroxylation is 2. The lowest BCUT2D eigenvalue weighted by molar-refractivity contribution is 0.0814. The molecule has 0 aliphatic carbocycles. The number of nitrogens with one attached hydrogen (secondary N) is 2. The fourth-order valence-electron chi connectivity index (χ4n) is 9.75. The molecule has 6 aromatic rings. The van der Waals surface area contributed by atoms with Gasteiger partial charge in [-0.1, -0.05) is 96.4 Å². The quantitative estimate of drug-likeness (QED) is 0.165. The van der Waals surface area contributed by atoms with Crippen LogP contribution in [0.4, 0.5) is 0 Å². The number of ether oxygens (including phenoxy) is 2. The molecule has 4 aliphatic heterocycles. The van der Waals surface area contributed by atoms with Crippen LogP contribution in [-0.4, -0.2) is 178 Å². The first-order valence-corrected chi connectivity index (χ1v) is 26.4. The van der Waals surface area contributed by atoms with E-state index in [2.05, 4.69) is 221 Å². The monoisotopic (exact) mass is 1040 g/mol. The van der Waals surface area contributed by atoms with E-state index in [1.165, 1.54) is 27.1 Å². The summed E-state index contributed by atoms with van der Waals surface area (Å²) < 4.78 is 14.6. The van der Waals surface area contributed by atoms with E-state index in [4.69, 9.17) is 71.4 Å². The molecule has 2 fully saturated rings. The molecule has 82 heavy (non-hydrogen) atoms. The summed E-state index contributed by atoms with van der Waals surface area (Å²) in [7, 11) is 47.7. The number of benzene rings is 4. The second kappa shape index (κ2) is 30.2. The summed E-state index contributed by atoms with van der Waals surface area (Å²) in [5.74, 6) is 3.34. The van der Waals surface area contributed by atoms with Crippen LogP contribution in [0, 0.1) is 0 Å². The van der Waals surface area contributed by atoms with Gasteiger partial charge in [-0.2, -0.15) is 4.80 Å². The van der Waals surface area contributed by atoms with E-state index in [9.17, 15) is 0 Å². The Morgan fingerprint density at radius 1 is 0.488 bits per heavy atom. The number of aromatic nitrogens is 8. The standard InChI is InChI=1S/2C21H21N5O.C14H4.B14/c1-26-20(23-24-25-26)16-8-6-15(7-9-16)18-14-21(10-12-22-13-11-21)27-19-5-3-2-4-17(18)19;1-26-24-20(23-25-26)16-8-6-15(7-9-16)18-14-21(10-12-22-13-11-21)27-19-5-3-2-4-17(18)19;1-3-5-7-9-11-13-14-12-10-8-6-4-2;1-9(2)13(10(3)4)14(11(5)6)12(7)8/h2*2-9,14,22H,10-13H2,1H3;1-2H2;. The van der Waals surface area contributed by atoms with Gasteiger partial charge in [-0.25, -0.2) is 4.68 Å². The van der Waals surface area contributed by atoms with E-state index in [1.807, 2.05) is 19.2 Å². The van der Waals surface area contributed by atoms with Gasteiger partial charge in [-0.15, -0.1) is 15.3 Å².